The molecule has 0 spiro atoms. The smallest absolute Gasteiger partial charge is 0.329 e. The molecule has 2 N–H and O–H groups in total. The summed E-state index contributed by atoms with van der Waals surface area (Å²) in [6, 6.07) is 7.73. The van der Waals surface area contributed by atoms with Gasteiger partial charge in [-0.25, -0.2) is 4.79 Å². The highest BCUT2D eigenvalue weighted by Gasteiger charge is 2.44. The van der Waals surface area contributed by atoms with Gasteiger partial charge >= 0.3 is 5.97 Å². The standard InChI is InChI=1S/C18H25NO4/c1-12-5-4-6-14(11-12)13(2)16(20)19-18(17(21)22)9-7-15(23-3)8-10-18/h4-6,11,13,15H,7-10H2,1-3H3,(H,19,20)(H,21,22). The van der Waals surface area contributed by atoms with E-state index in [1.165, 1.54) is 0 Å². The first-order valence-electron chi connectivity index (χ1n) is 8.03. The van der Waals surface area contributed by atoms with Crippen molar-refractivity contribution >= 4 is 11.9 Å². The van der Waals surface area contributed by atoms with Crippen molar-refractivity contribution in [3.05, 3.63) is 35.4 Å². The number of rotatable bonds is 5. The van der Waals surface area contributed by atoms with Gasteiger partial charge in [-0.05, 0) is 45.1 Å². The van der Waals surface area contributed by atoms with Crippen LogP contribution < -0.4 is 5.32 Å². The lowest BCUT2D eigenvalue weighted by Crippen LogP contribution is -2.57. The van der Waals surface area contributed by atoms with Crippen LogP contribution in [0.5, 0.6) is 0 Å². The van der Waals surface area contributed by atoms with Crippen LogP contribution >= 0.6 is 0 Å². The van der Waals surface area contributed by atoms with Gasteiger partial charge in [0.1, 0.15) is 5.54 Å². The Morgan fingerprint density at radius 1 is 1.35 bits per heavy atom. The molecule has 5 heteroatoms. The molecule has 1 aromatic carbocycles. The van der Waals surface area contributed by atoms with Crippen molar-refractivity contribution in [2.45, 2.75) is 57.1 Å². The van der Waals surface area contributed by atoms with Crippen molar-refractivity contribution in [2.75, 3.05) is 7.11 Å². The summed E-state index contributed by atoms with van der Waals surface area (Å²) in [6.45, 7) is 3.78. The lowest BCUT2D eigenvalue weighted by atomic mass is 9.79. The first-order chi connectivity index (χ1) is 10.9. The van der Waals surface area contributed by atoms with Crippen LogP contribution in [0.4, 0.5) is 0 Å². The number of hydrogen-bond donors (Lipinski definition) is 2. The molecule has 126 valence electrons. The van der Waals surface area contributed by atoms with Crippen LogP contribution in [0.2, 0.25) is 0 Å². The van der Waals surface area contributed by atoms with Crippen LogP contribution in [0, 0.1) is 6.92 Å². The minimum absolute atomic E-state index is 0.0774. The first-order valence-corrected chi connectivity index (χ1v) is 8.03. The van der Waals surface area contributed by atoms with Crippen LogP contribution in [0.25, 0.3) is 0 Å². The molecular weight excluding hydrogens is 294 g/mol. The van der Waals surface area contributed by atoms with Gasteiger partial charge in [-0.2, -0.15) is 0 Å². The molecule has 1 amide bonds. The van der Waals surface area contributed by atoms with Crippen LogP contribution in [0.1, 0.15) is 49.7 Å². The second-order valence-electron chi connectivity index (χ2n) is 6.45. The molecule has 1 atom stereocenters. The van der Waals surface area contributed by atoms with Crippen molar-refractivity contribution in [3.63, 3.8) is 0 Å². The van der Waals surface area contributed by atoms with Crippen LogP contribution in [0.3, 0.4) is 0 Å². The highest BCUT2D eigenvalue weighted by molar-refractivity contribution is 5.90. The normalized spacial score (nSPS) is 25.6. The number of ether oxygens (including phenoxy) is 1. The number of nitrogens with one attached hydrogen (secondary N) is 1. The largest absolute Gasteiger partial charge is 0.480 e. The Morgan fingerprint density at radius 3 is 2.52 bits per heavy atom. The maximum atomic E-state index is 12.6. The van der Waals surface area contributed by atoms with Crippen molar-refractivity contribution in [2.24, 2.45) is 0 Å². The Hall–Kier alpha value is -1.88. The first kappa shape index (κ1) is 17.5. The molecule has 0 aromatic heterocycles. The average molecular weight is 319 g/mol. The number of hydrogen-bond acceptors (Lipinski definition) is 3. The number of carbonyl (C=O) groups is 2. The van der Waals surface area contributed by atoms with Crippen LogP contribution in [-0.4, -0.2) is 35.7 Å². The molecule has 0 saturated heterocycles. The predicted molar refractivity (Wildman–Crippen MR) is 87.4 cm³/mol. The number of benzene rings is 1. The third-order valence-electron chi connectivity index (χ3n) is 4.83. The lowest BCUT2D eigenvalue weighted by molar-refractivity contribution is -0.150. The maximum Gasteiger partial charge on any atom is 0.329 e. The number of aryl methyl sites for hydroxylation is 1. The molecule has 5 nitrogen and oxygen atoms in total. The molecule has 1 aromatic rings. The topological polar surface area (TPSA) is 75.6 Å². The zero-order chi connectivity index (χ0) is 17.0. The number of carboxylic acids is 1. The number of aliphatic carboxylic acids is 1. The molecule has 0 heterocycles. The third kappa shape index (κ3) is 3.91. The van der Waals surface area contributed by atoms with Gasteiger partial charge in [0, 0.05) is 7.11 Å². The van der Waals surface area contributed by atoms with Crippen molar-refractivity contribution in [1.82, 2.24) is 5.32 Å². The Balaban J connectivity index is 2.11. The van der Waals surface area contributed by atoms with Gasteiger partial charge in [0.05, 0.1) is 12.0 Å². The summed E-state index contributed by atoms with van der Waals surface area (Å²) >= 11 is 0. The number of carboxylic acid groups (broad SMARTS) is 1. The van der Waals surface area contributed by atoms with Gasteiger partial charge in [-0.15, -0.1) is 0 Å². The summed E-state index contributed by atoms with van der Waals surface area (Å²) < 4.78 is 5.29. The summed E-state index contributed by atoms with van der Waals surface area (Å²) in [5.41, 5.74) is 0.800. The van der Waals surface area contributed by atoms with Crippen LogP contribution in [0.15, 0.2) is 24.3 Å². The van der Waals surface area contributed by atoms with E-state index < -0.39 is 11.5 Å². The minimum Gasteiger partial charge on any atom is -0.480 e. The zero-order valence-corrected chi connectivity index (χ0v) is 14.0. The molecule has 1 aliphatic carbocycles. The molecule has 23 heavy (non-hydrogen) atoms. The summed E-state index contributed by atoms with van der Waals surface area (Å²) in [7, 11) is 1.64. The SMILES string of the molecule is COC1CCC(NC(=O)C(C)c2cccc(C)c2)(C(=O)O)CC1. The Bertz CT molecular complexity index is 576. The summed E-state index contributed by atoms with van der Waals surface area (Å²) in [6.07, 6.45) is 2.15. The van der Waals surface area contributed by atoms with Crippen molar-refractivity contribution < 1.29 is 19.4 Å². The molecular formula is C18H25NO4. The van der Waals surface area contributed by atoms with Gasteiger partial charge in [0.2, 0.25) is 5.91 Å². The van der Waals surface area contributed by atoms with E-state index in [4.69, 9.17) is 4.74 Å². The van der Waals surface area contributed by atoms with Gasteiger partial charge < -0.3 is 15.2 Å². The van der Waals surface area contributed by atoms with Gasteiger partial charge in [0.25, 0.3) is 0 Å². The van der Waals surface area contributed by atoms with Gasteiger partial charge in [-0.3, -0.25) is 4.79 Å². The van der Waals surface area contributed by atoms with Crippen LogP contribution in [-0.2, 0) is 14.3 Å². The second-order valence-corrected chi connectivity index (χ2v) is 6.45. The van der Waals surface area contributed by atoms with E-state index in [0.717, 1.165) is 11.1 Å². The van der Waals surface area contributed by atoms with E-state index >= 15 is 0 Å². The summed E-state index contributed by atoms with van der Waals surface area (Å²) in [5, 5.41) is 12.4. The Kier molecular flexibility index (Phi) is 5.42. The number of amides is 1. The second kappa shape index (κ2) is 7.13. The van der Waals surface area contributed by atoms with Crippen molar-refractivity contribution in [1.29, 1.82) is 0 Å². The zero-order valence-electron chi connectivity index (χ0n) is 14.0. The van der Waals surface area contributed by atoms with E-state index in [0.29, 0.717) is 25.7 Å². The third-order valence-corrected chi connectivity index (χ3v) is 4.83. The van der Waals surface area contributed by atoms with Gasteiger partial charge in [0.15, 0.2) is 0 Å². The molecule has 0 radical (unpaired) electrons. The fourth-order valence-corrected chi connectivity index (χ4v) is 3.15. The highest BCUT2D eigenvalue weighted by atomic mass is 16.5. The Labute approximate surface area is 137 Å². The van der Waals surface area contributed by atoms with E-state index in [9.17, 15) is 14.7 Å². The molecule has 2 rings (SSSR count). The summed E-state index contributed by atoms with van der Waals surface area (Å²) in [5.74, 6) is -1.59. The summed E-state index contributed by atoms with van der Waals surface area (Å²) in [4.78, 5) is 24.3. The molecule has 1 saturated carbocycles. The fourth-order valence-electron chi connectivity index (χ4n) is 3.15. The Morgan fingerprint density at radius 2 is 2.00 bits per heavy atom. The van der Waals surface area contributed by atoms with Gasteiger partial charge in [-0.1, -0.05) is 29.8 Å². The maximum absolute atomic E-state index is 12.6. The molecule has 0 aliphatic heterocycles. The fraction of sp³-hybridized carbons (Fsp3) is 0.556. The molecule has 1 fully saturated rings. The minimum atomic E-state index is -1.18. The number of methoxy groups -OCH3 is 1. The lowest BCUT2D eigenvalue weighted by Gasteiger charge is -2.37. The van der Waals surface area contributed by atoms with E-state index in [2.05, 4.69) is 5.32 Å². The van der Waals surface area contributed by atoms with E-state index in [-0.39, 0.29) is 17.9 Å². The monoisotopic (exact) mass is 319 g/mol. The average Bonchev–Trinajstić information content (AvgIpc) is 2.54. The quantitative estimate of drug-likeness (QED) is 0.875. The number of carbonyl (C=O) groups excluding carboxylic acids is 1. The van der Waals surface area contributed by atoms with E-state index in [1.807, 2.05) is 31.2 Å². The molecule has 1 aliphatic rings. The molecule has 0 bridgehead atoms. The molecule has 1 unspecified atom stereocenters. The van der Waals surface area contributed by atoms with Crippen molar-refractivity contribution in [3.8, 4) is 0 Å². The van der Waals surface area contributed by atoms with E-state index in [1.54, 1.807) is 14.0 Å². The highest BCUT2D eigenvalue weighted by Crippen LogP contribution is 2.31. The predicted octanol–water partition coefficient (Wildman–Crippen LogP) is 2.63.